The Kier molecular flexibility index (Phi) is 7.28. The van der Waals surface area contributed by atoms with E-state index in [1.54, 1.807) is 6.92 Å². The third-order valence-electron chi connectivity index (χ3n) is 12.8. The Bertz CT molecular complexity index is 1110. The minimum Gasteiger partial charge on any atom is -0.462 e. The van der Waals surface area contributed by atoms with Gasteiger partial charge in [-0.15, -0.1) is 0 Å². The van der Waals surface area contributed by atoms with Crippen molar-refractivity contribution in [1.29, 1.82) is 0 Å². The molecule has 1 heterocycles. The van der Waals surface area contributed by atoms with E-state index in [4.69, 9.17) is 14.2 Å². The molecule has 5 rings (SSSR count). The molecule has 5 aliphatic rings. The molecule has 40 heavy (non-hydrogen) atoms. The molecule has 4 unspecified atom stereocenters. The van der Waals surface area contributed by atoms with Gasteiger partial charge in [0.05, 0.1) is 12.5 Å². The van der Waals surface area contributed by atoms with Crippen molar-refractivity contribution in [2.45, 2.75) is 138 Å². The molecule has 1 N–H and O–H groups in total. The lowest BCUT2D eigenvalue weighted by Gasteiger charge is -2.70. The smallest absolute Gasteiger partial charge is 0.335 e. The third kappa shape index (κ3) is 4.19. The monoisotopic (exact) mass is 558 g/mol. The summed E-state index contributed by atoms with van der Waals surface area (Å²) in [6.07, 6.45) is 5.97. The molecule has 3 saturated carbocycles. The Labute approximate surface area is 239 Å². The van der Waals surface area contributed by atoms with Crippen LogP contribution in [-0.4, -0.2) is 47.4 Å². The lowest BCUT2D eigenvalue weighted by molar-refractivity contribution is -0.237. The standard InChI is InChI=1S/C33H50O7/c1-18(34)16-27(36)40-26-17-25-31(6)14-9-13-30(5,20(3)39-21(4)35)23(31)12-15-32(25,7)24-11-10-22-19(2)38-29(37)28(22)33(24,26)8/h18-20,23-26,34H,9-17H2,1-8H3/t18?,19-,20?,23?,24-,25?,26-,30+,31-,32-,33+/m0/s1. The number of esters is 3. The molecule has 4 aliphatic carbocycles. The molecule has 7 heteroatoms. The summed E-state index contributed by atoms with van der Waals surface area (Å²) in [6.45, 7) is 16.4. The fraction of sp³-hybridized carbons (Fsp3) is 0.848. The second kappa shape index (κ2) is 9.84. The quantitative estimate of drug-likeness (QED) is 0.331. The van der Waals surface area contributed by atoms with Gasteiger partial charge in [-0.1, -0.05) is 34.1 Å². The van der Waals surface area contributed by atoms with Crippen LogP contribution in [0, 0.1) is 39.4 Å². The van der Waals surface area contributed by atoms with Crippen molar-refractivity contribution in [3.63, 3.8) is 0 Å². The van der Waals surface area contributed by atoms with Crippen LogP contribution in [0.25, 0.3) is 0 Å². The number of carbonyl (C=O) groups excluding carboxylic acids is 3. The van der Waals surface area contributed by atoms with E-state index in [1.165, 1.54) is 6.92 Å². The first-order valence-electron chi connectivity index (χ1n) is 15.6. The van der Waals surface area contributed by atoms with Crippen molar-refractivity contribution < 1.29 is 33.7 Å². The first-order chi connectivity index (χ1) is 18.6. The zero-order valence-corrected chi connectivity index (χ0v) is 25.8. The predicted octanol–water partition coefficient (Wildman–Crippen LogP) is 5.91. The van der Waals surface area contributed by atoms with Crippen LogP contribution in [-0.2, 0) is 28.6 Å². The van der Waals surface area contributed by atoms with Crippen LogP contribution in [0.2, 0.25) is 0 Å². The number of rotatable bonds is 5. The maximum absolute atomic E-state index is 13.4. The lowest BCUT2D eigenvalue weighted by atomic mass is 9.34. The van der Waals surface area contributed by atoms with Crippen molar-refractivity contribution in [3.05, 3.63) is 11.1 Å². The molecule has 0 aromatic heterocycles. The SMILES string of the molecule is CC(=O)OC(C)[C@@]1(C)CCC[C@@]2(C)C1CC[C@]1(C)C2C[C@H](OC(=O)CC(C)O)[C@]2(C)C3=C(CC[C@H]21)[C@H](C)OC3=O. The number of hydrogen-bond acceptors (Lipinski definition) is 7. The molecule has 0 bridgehead atoms. The maximum Gasteiger partial charge on any atom is 0.335 e. The topological polar surface area (TPSA) is 99.1 Å². The van der Waals surface area contributed by atoms with Gasteiger partial charge in [-0.05, 0) is 99.9 Å². The first kappa shape index (κ1) is 29.6. The zero-order valence-electron chi connectivity index (χ0n) is 25.8. The summed E-state index contributed by atoms with van der Waals surface area (Å²) in [5.41, 5.74) is 0.981. The molecule has 0 radical (unpaired) electrons. The summed E-state index contributed by atoms with van der Waals surface area (Å²) in [6, 6.07) is 0. The van der Waals surface area contributed by atoms with Gasteiger partial charge in [-0.25, -0.2) is 4.79 Å². The summed E-state index contributed by atoms with van der Waals surface area (Å²) in [4.78, 5) is 38.5. The van der Waals surface area contributed by atoms with E-state index in [2.05, 4.69) is 34.6 Å². The van der Waals surface area contributed by atoms with Crippen molar-refractivity contribution in [2.24, 2.45) is 39.4 Å². The van der Waals surface area contributed by atoms with Crippen LogP contribution in [0.15, 0.2) is 11.1 Å². The highest BCUT2D eigenvalue weighted by molar-refractivity contribution is 5.94. The number of carbonyl (C=O) groups is 3. The van der Waals surface area contributed by atoms with Crippen LogP contribution in [0.4, 0.5) is 0 Å². The Morgan fingerprint density at radius 3 is 2.35 bits per heavy atom. The number of aliphatic hydroxyl groups excluding tert-OH is 1. The molecule has 11 atom stereocenters. The molecule has 1 aliphatic heterocycles. The van der Waals surface area contributed by atoms with E-state index in [1.807, 2.05) is 6.92 Å². The van der Waals surface area contributed by atoms with E-state index < -0.39 is 23.6 Å². The van der Waals surface area contributed by atoms with Gasteiger partial charge in [0.25, 0.3) is 0 Å². The zero-order chi connectivity index (χ0) is 29.4. The van der Waals surface area contributed by atoms with Crippen molar-refractivity contribution in [1.82, 2.24) is 0 Å². The molecule has 0 saturated heterocycles. The second-order valence-corrected chi connectivity index (χ2v) is 14.9. The summed E-state index contributed by atoms with van der Waals surface area (Å²) in [5.74, 6) is -0.0870. The number of aliphatic hydroxyl groups is 1. The Balaban J connectivity index is 1.59. The fourth-order valence-electron chi connectivity index (χ4n) is 11.0. The van der Waals surface area contributed by atoms with Gasteiger partial charge >= 0.3 is 17.9 Å². The molecular formula is C33H50O7. The van der Waals surface area contributed by atoms with Gasteiger partial charge in [0.15, 0.2) is 0 Å². The Morgan fingerprint density at radius 2 is 1.70 bits per heavy atom. The fourth-order valence-corrected chi connectivity index (χ4v) is 11.0. The van der Waals surface area contributed by atoms with Crippen LogP contribution in [0.5, 0.6) is 0 Å². The molecule has 224 valence electrons. The van der Waals surface area contributed by atoms with Crippen LogP contribution in [0.1, 0.15) is 113 Å². The predicted molar refractivity (Wildman–Crippen MR) is 150 cm³/mol. The van der Waals surface area contributed by atoms with Crippen molar-refractivity contribution in [2.75, 3.05) is 0 Å². The number of cyclic esters (lactones) is 1. The minimum absolute atomic E-state index is 0.0250. The summed E-state index contributed by atoms with van der Waals surface area (Å²) in [5, 5.41) is 9.95. The highest BCUT2D eigenvalue weighted by Gasteiger charge is 2.70. The van der Waals surface area contributed by atoms with Gasteiger partial charge in [0.1, 0.15) is 18.3 Å². The molecule has 0 aromatic rings. The highest BCUT2D eigenvalue weighted by atomic mass is 16.6. The third-order valence-corrected chi connectivity index (χ3v) is 12.8. The number of hydrogen-bond donors (Lipinski definition) is 1. The average Bonchev–Trinajstić information content (AvgIpc) is 3.13. The molecule has 0 spiro atoms. The van der Waals surface area contributed by atoms with E-state index >= 15 is 0 Å². The van der Waals surface area contributed by atoms with E-state index in [9.17, 15) is 19.5 Å². The normalized spacial score (nSPS) is 45.7. The lowest BCUT2D eigenvalue weighted by Crippen LogP contribution is -2.67. The Morgan fingerprint density at radius 1 is 1.02 bits per heavy atom. The van der Waals surface area contributed by atoms with E-state index in [0.717, 1.165) is 56.1 Å². The maximum atomic E-state index is 13.4. The number of fused-ring (bicyclic) bond motifs is 6. The molecule has 7 nitrogen and oxygen atoms in total. The molecule has 0 amide bonds. The summed E-state index contributed by atoms with van der Waals surface area (Å²) >= 11 is 0. The molecule has 0 aromatic carbocycles. The van der Waals surface area contributed by atoms with Crippen LogP contribution >= 0.6 is 0 Å². The van der Waals surface area contributed by atoms with Gasteiger partial charge in [0, 0.05) is 23.3 Å². The average molecular weight is 559 g/mol. The molecular weight excluding hydrogens is 508 g/mol. The molecule has 3 fully saturated rings. The van der Waals surface area contributed by atoms with Crippen molar-refractivity contribution in [3.8, 4) is 0 Å². The second-order valence-electron chi connectivity index (χ2n) is 14.9. The minimum atomic E-state index is -0.791. The van der Waals surface area contributed by atoms with E-state index in [-0.39, 0.29) is 58.6 Å². The Hall–Kier alpha value is -1.89. The van der Waals surface area contributed by atoms with Crippen molar-refractivity contribution >= 4 is 17.9 Å². The van der Waals surface area contributed by atoms with Crippen LogP contribution < -0.4 is 0 Å². The van der Waals surface area contributed by atoms with Gasteiger partial charge in [-0.2, -0.15) is 0 Å². The van der Waals surface area contributed by atoms with Gasteiger partial charge in [0.2, 0.25) is 0 Å². The summed E-state index contributed by atoms with van der Waals surface area (Å²) < 4.78 is 17.9. The largest absolute Gasteiger partial charge is 0.462 e. The summed E-state index contributed by atoms with van der Waals surface area (Å²) in [7, 11) is 0. The first-order valence-corrected chi connectivity index (χ1v) is 15.6. The van der Waals surface area contributed by atoms with Gasteiger partial charge in [-0.3, -0.25) is 9.59 Å². The highest BCUT2D eigenvalue weighted by Crippen LogP contribution is 2.74. The number of ether oxygens (including phenoxy) is 3. The van der Waals surface area contributed by atoms with Crippen LogP contribution in [0.3, 0.4) is 0 Å². The van der Waals surface area contributed by atoms with Gasteiger partial charge < -0.3 is 19.3 Å². The van der Waals surface area contributed by atoms with E-state index in [0.29, 0.717) is 12.3 Å².